The molecule has 2 heterocycles. The fourth-order valence-electron chi connectivity index (χ4n) is 3.61. The summed E-state index contributed by atoms with van der Waals surface area (Å²) in [6, 6.07) is 28.8. The molecule has 0 unspecified atom stereocenters. The van der Waals surface area contributed by atoms with E-state index in [0.717, 1.165) is 44.2 Å². The van der Waals surface area contributed by atoms with Crippen molar-refractivity contribution in [3.8, 4) is 22.4 Å². The smallest absolute Gasteiger partial charge is 0.132 e. The van der Waals surface area contributed by atoms with Crippen LogP contribution >= 0.6 is 0 Å². The molecule has 0 bridgehead atoms. The number of nitrogens with two attached hydrogens (primary N) is 1. The first-order valence-electron chi connectivity index (χ1n) is 8.63. The molecule has 26 heavy (non-hydrogen) atoms. The van der Waals surface area contributed by atoms with Crippen molar-refractivity contribution in [3.63, 3.8) is 0 Å². The van der Waals surface area contributed by atoms with Gasteiger partial charge in [-0.3, -0.25) is 0 Å². The van der Waals surface area contributed by atoms with Crippen LogP contribution in [0.2, 0.25) is 0 Å². The number of anilines is 1. The summed E-state index contributed by atoms with van der Waals surface area (Å²) in [5.74, 6) is 0.559. The summed E-state index contributed by atoms with van der Waals surface area (Å²) < 4.78 is 0. The van der Waals surface area contributed by atoms with E-state index in [0.29, 0.717) is 5.82 Å². The fraction of sp³-hybridized carbons (Fsp3) is 0. The second kappa shape index (κ2) is 5.74. The molecule has 2 aromatic heterocycles. The molecule has 0 aliphatic heterocycles. The molecule has 0 aliphatic carbocycles. The highest BCUT2D eigenvalue weighted by molar-refractivity contribution is 6.14. The van der Waals surface area contributed by atoms with Gasteiger partial charge in [-0.25, -0.2) is 4.98 Å². The van der Waals surface area contributed by atoms with Gasteiger partial charge in [-0.05, 0) is 11.1 Å². The number of nitrogens with zero attached hydrogens (tertiary/aromatic N) is 1. The van der Waals surface area contributed by atoms with Gasteiger partial charge in [0.05, 0.1) is 16.7 Å². The number of nitrogen functional groups attached to an aromatic ring is 1. The quantitative estimate of drug-likeness (QED) is 0.439. The molecule has 3 aromatic carbocycles. The Morgan fingerprint density at radius 1 is 0.654 bits per heavy atom. The summed E-state index contributed by atoms with van der Waals surface area (Å²) in [5, 5.41) is 2.06. The highest BCUT2D eigenvalue weighted by atomic mass is 14.9. The van der Waals surface area contributed by atoms with Crippen LogP contribution in [0.15, 0.2) is 84.9 Å². The summed E-state index contributed by atoms with van der Waals surface area (Å²) in [6.45, 7) is 0. The van der Waals surface area contributed by atoms with Crippen molar-refractivity contribution in [1.82, 2.24) is 9.97 Å². The van der Waals surface area contributed by atoms with Crippen LogP contribution in [0.4, 0.5) is 5.82 Å². The monoisotopic (exact) mass is 335 g/mol. The van der Waals surface area contributed by atoms with Crippen LogP contribution in [0.25, 0.3) is 44.2 Å². The Kier molecular flexibility index (Phi) is 3.25. The van der Waals surface area contributed by atoms with Crippen molar-refractivity contribution in [1.29, 1.82) is 0 Å². The van der Waals surface area contributed by atoms with E-state index in [1.807, 2.05) is 42.5 Å². The normalized spacial score (nSPS) is 11.2. The second-order valence-corrected chi connectivity index (χ2v) is 6.37. The number of pyridine rings is 1. The molecule has 0 saturated carbocycles. The minimum atomic E-state index is 0.559. The maximum atomic E-state index is 6.29. The maximum absolute atomic E-state index is 6.29. The van der Waals surface area contributed by atoms with Gasteiger partial charge in [0.1, 0.15) is 5.82 Å². The number of H-pyrrole nitrogens is 1. The summed E-state index contributed by atoms with van der Waals surface area (Å²) in [5.41, 5.74) is 12.6. The number of nitrogens with one attached hydrogen (secondary N) is 1. The van der Waals surface area contributed by atoms with Gasteiger partial charge in [-0.1, -0.05) is 84.9 Å². The van der Waals surface area contributed by atoms with Crippen molar-refractivity contribution in [2.24, 2.45) is 0 Å². The average Bonchev–Trinajstić information content (AvgIpc) is 3.09. The Labute approximate surface area is 151 Å². The largest absolute Gasteiger partial charge is 0.383 e. The number of aromatic amines is 1. The van der Waals surface area contributed by atoms with E-state index < -0.39 is 0 Å². The third-order valence-electron chi connectivity index (χ3n) is 4.80. The molecule has 0 radical (unpaired) electrons. The summed E-state index contributed by atoms with van der Waals surface area (Å²) >= 11 is 0. The Morgan fingerprint density at radius 3 is 1.92 bits per heavy atom. The molecule has 3 N–H and O–H groups in total. The summed E-state index contributed by atoms with van der Waals surface area (Å²) in [7, 11) is 0. The number of aromatic nitrogens is 2. The van der Waals surface area contributed by atoms with Crippen LogP contribution in [-0.2, 0) is 0 Å². The van der Waals surface area contributed by atoms with Crippen molar-refractivity contribution in [2.75, 3.05) is 5.73 Å². The molecule has 5 aromatic rings. The molecule has 0 atom stereocenters. The fourth-order valence-corrected chi connectivity index (χ4v) is 3.61. The third kappa shape index (κ3) is 2.18. The molecule has 0 spiro atoms. The van der Waals surface area contributed by atoms with Crippen LogP contribution in [-0.4, -0.2) is 9.97 Å². The third-order valence-corrected chi connectivity index (χ3v) is 4.80. The molecule has 0 amide bonds. The zero-order chi connectivity index (χ0) is 17.5. The SMILES string of the molecule is Nc1nc2c(-c3ccccc3)c(-c3ccccc3)[nH]c2c2ccccc12. The van der Waals surface area contributed by atoms with Gasteiger partial charge in [0.2, 0.25) is 0 Å². The van der Waals surface area contributed by atoms with Crippen LogP contribution in [0.5, 0.6) is 0 Å². The Morgan fingerprint density at radius 2 is 1.23 bits per heavy atom. The molecule has 0 saturated heterocycles. The first kappa shape index (κ1) is 14.7. The van der Waals surface area contributed by atoms with E-state index in [-0.39, 0.29) is 0 Å². The maximum Gasteiger partial charge on any atom is 0.132 e. The van der Waals surface area contributed by atoms with Crippen molar-refractivity contribution in [2.45, 2.75) is 0 Å². The van der Waals surface area contributed by atoms with Crippen LogP contribution in [0.1, 0.15) is 0 Å². The van der Waals surface area contributed by atoms with E-state index in [4.69, 9.17) is 10.7 Å². The zero-order valence-electron chi connectivity index (χ0n) is 14.1. The molecule has 5 rings (SSSR count). The number of benzene rings is 3. The topological polar surface area (TPSA) is 54.7 Å². The molecule has 0 aliphatic rings. The van der Waals surface area contributed by atoms with Crippen molar-refractivity contribution >= 4 is 27.6 Å². The lowest BCUT2D eigenvalue weighted by Gasteiger charge is -2.06. The number of hydrogen-bond donors (Lipinski definition) is 2. The lowest BCUT2D eigenvalue weighted by Crippen LogP contribution is -1.92. The van der Waals surface area contributed by atoms with E-state index in [1.165, 1.54) is 0 Å². The zero-order valence-corrected chi connectivity index (χ0v) is 14.1. The van der Waals surface area contributed by atoms with Gasteiger partial charge < -0.3 is 10.7 Å². The van der Waals surface area contributed by atoms with E-state index >= 15 is 0 Å². The predicted molar refractivity (Wildman–Crippen MR) is 109 cm³/mol. The molecule has 3 heteroatoms. The van der Waals surface area contributed by atoms with Gasteiger partial charge in [0, 0.05) is 16.3 Å². The Hall–Kier alpha value is -3.59. The first-order chi connectivity index (χ1) is 12.8. The van der Waals surface area contributed by atoms with Crippen LogP contribution in [0.3, 0.4) is 0 Å². The van der Waals surface area contributed by atoms with Gasteiger partial charge in [0.15, 0.2) is 0 Å². The summed E-state index contributed by atoms with van der Waals surface area (Å²) in [6.07, 6.45) is 0. The van der Waals surface area contributed by atoms with E-state index in [9.17, 15) is 0 Å². The molecule has 124 valence electrons. The van der Waals surface area contributed by atoms with Gasteiger partial charge in [-0.15, -0.1) is 0 Å². The Bertz CT molecular complexity index is 1220. The number of hydrogen-bond acceptors (Lipinski definition) is 2. The molecule has 3 nitrogen and oxygen atoms in total. The lowest BCUT2D eigenvalue weighted by molar-refractivity contribution is 1.44. The summed E-state index contributed by atoms with van der Waals surface area (Å²) in [4.78, 5) is 8.40. The standard InChI is InChI=1S/C23H17N3/c24-23-18-14-8-7-13-17(18)21-22(26-23)19(15-9-3-1-4-10-15)20(25-21)16-11-5-2-6-12-16/h1-14,25H,(H2,24,26). The highest BCUT2D eigenvalue weighted by Crippen LogP contribution is 2.40. The number of fused-ring (bicyclic) bond motifs is 3. The van der Waals surface area contributed by atoms with Crippen LogP contribution < -0.4 is 5.73 Å². The minimum Gasteiger partial charge on any atom is -0.383 e. The van der Waals surface area contributed by atoms with Crippen LogP contribution in [0, 0.1) is 0 Å². The van der Waals surface area contributed by atoms with E-state index in [1.54, 1.807) is 0 Å². The molecular weight excluding hydrogens is 318 g/mol. The van der Waals surface area contributed by atoms with Gasteiger partial charge in [0.25, 0.3) is 0 Å². The molecule has 0 fully saturated rings. The van der Waals surface area contributed by atoms with Gasteiger partial charge >= 0.3 is 0 Å². The van der Waals surface area contributed by atoms with Crippen molar-refractivity contribution in [3.05, 3.63) is 84.9 Å². The highest BCUT2D eigenvalue weighted by Gasteiger charge is 2.18. The lowest BCUT2D eigenvalue weighted by atomic mass is 10.00. The predicted octanol–water partition coefficient (Wildman–Crippen LogP) is 5.63. The first-order valence-corrected chi connectivity index (χ1v) is 8.63. The molecular formula is C23H17N3. The minimum absolute atomic E-state index is 0.559. The second-order valence-electron chi connectivity index (χ2n) is 6.37. The van der Waals surface area contributed by atoms with Gasteiger partial charge in [-0.2, -0.15) is 0 Å². The average molecular weight is 335 g/mol. The number of rotatable bonds is 2. The van der Waals surface area contributed by atoms with Crippen molar-refractivity contribution < 1.29 is 0 Å². The Balaban J connectivity index is 1.96. The van der Waals surface area contributed by atoms with E-state index in [2.05, 4.69) is 47.4 Å².